The fourth-order valence-electron chi connectivity index (χ4n) is 2.09. The summed E-state index contributed by atoms with van der Waals surface area (Å²) in [4.78, 5) is 57.3. The first kappa shape index (κ1) is 24.3. The monoisotopic (exact) mass is 388 g/mol. The van der Waals surface area contributed by atoms with Crippen LogP contribution < -0.4 is 21.7 Å². The lowest BCUT2D eigenvalue weighted by Crippen LogP contribution is -2.55. The lowest BCUT2D eigenvalue weighted by molar-refractivity contribution is -0.139. The van der Waals surface area contributed by atoms with Gasteiger partial charge in [-0.05, 0) is 25.7 Å². The van der Waals surface area contributed by atoms with Crippen LogP contribution in [0.1, 0.15) is 40.0 Å². The number of rotatable bonds is 12. The third kappa shape index (κ3) is 10.8. The van der Waals surface area contributed by atoms with Gasteiger partial charge >= 0.3 is 11.9 Å². The average molecular weight is 388 g/mol. The molecular formula is C16H28N4O7. The summed E-state index contributed by atoms with van der Waals surface area (Å²) in [7, 11) is 0. The number of carboxylic acids is 2. The maximum atomic E-state index is 12.4. The van der Waals surface area contributed by atoms with Crippen molar-refractivity contribution in [3.63, 3.8) is 0 Å². The number of nitrogens with two attached hydrogens (primary N) is 1. The number of hydrogen-bond donors (Lipinski definition) is 6. The molecule has 3 unspecified atom stereocenters. The van der Waals surface area contributed by atoms with Gasteiger partial charge in [0.15, 0.2) is 0 Å². The molecule has 0 aromatic rings. The van der Waals surface area contributed by atoms with Crippen molar-refractivity contribution >= 4 is 29.7 Å². The van der Waals surface area contributed by atoms with Crippen molar-refractivity contribution in [2.75, 3.05) is 6.54 Å². The SMILES string of the molecule is CC(C)CC(NC(=O)C(N)CCC(=O)O)C(=O)NC(C)C(=O)NCC(=O)O. The van der Waals surface area contributed by atoms with Crippen LogP contribution >= 0.6 is 0 Å². The fourth-order valence-corrected chi connectivity index (χ4v) is 2.09. The second kappa shape index (κ2) is 11.8. The predicted molar refractivity (Wildman–Crippen MR) is 94.5 cm³/mol. The summed E-state index contributed by atoms with van der Waals surface area (Å²) in [5.41, 5.74) is 5.64. The summed E-state index contributed by atoms with van der Waals surface area (Å²) in [5, 5.41) is 24.2. The first-order chi connectivity index (χ1) is 12.4. The Labute approximate surface area is 157 Å². The van der Waals surface area contributed by atoms with Gasteiger partial charge in [-0.2, -0.15) is 0 Å². The van der Waals surface area contributed by atoms with Gasteiger partial charge in [0.1, 0.15) is 18.6 Å². The van der Waals surface area contributed by atoms with Gasteiger partial charge in [-0.3, -0.25) is 24.0 Å². The van der Waals surface area contributed by atoms with Crippen molar-refractivity contribution in [1.29, 1.82) is 0 Å². The molecule has 3 amide bonds. The highest BCUT2D eigenvalue weighted by Crippen LogP contribution is 2.06. The van der Waals surface area contributed by atoms with E-state index in [1.165, 1.54) is 6.92 Å². The van der Waals surface area contributed by atoms with Crippen molar-refractivity contribution in [2.24, 2.45) is 11.7 Å². The minimum absolute atomic E-state index is 0.0347. The Morgan fingerprint density at radius 2 is 1.48 bits per heavy atom. The first-order valence-electron chi connectivity index (χ1n) is 8.51. The average Bonchev–Trinajstić information content (AvgIpc) is 2.55. The highest BCUT2D eigenvalue weighted by atomic mass is 16.4. The maximum Gasteiger partial charge on any atom is 0.322 e. The standard InChI is InChI=1S/C16H28N4O7/c1-8(2)6-11(20-15(26)10(17)4-5-12(21)22)16(27)19-9(3)14(25)18-7-13(23)24/h8-11H,4-7,17H2,1-3H3,(H,18,25)(H,19,27)(H,20,26)(H,21,22)(H,23,24). The van der Waals surface area contributed by atoms with Gasteiger partial charge in [0, 0.05) is 6.42 Å². The van der Waals surface area contributed by atoms with Crippen molar-refractivity contribution in [3.8, 4) is 0 Å². The molecule has 27 heavy (non-hydrogen) atoms. The van der Waals surface area contributed by atoms with Crippen LogP contribution in [0.5, 0.6) is 0 Å². The number of hydrogen-bond acceptors (Lipinski definition) is 6. The van der Waals surface area contributed by atoms with Crippen LogP contribution in [0, 0.1) is 5.92 Å². The van der Waals surface area contributed by atoms with Gasteiger partial charge in [-0.25, -0.2) is 0 Å². The van der Waals surface area contributed by atoms with Crippen molar-refractivity contribution in [2.45, 2.75) is 58.2 Å². The highest BCUT2D eigenvalue weighted by molar-refractivity contribution is 5.93. The molecule has 0 spiro atoms. The zero-order valence-electron chi connectivity index (χ0n) is 15.7. The molecule has 11 nitrogen and oxygen atoms in total. The van der Waals surface area contributed by atoms with Crippen LogP contribution in [0.4, 0.5) is 0 Å². The van der Waals surface area contributed by atoms with Crippen LogP contribution in [-0.2, 0) is 24.0 Å². The number of carbonyl (C=O) groups is 5. The molecule has 0 aromatic heterocycles. The van der Waals surface area contributed by atoms with Gasteiger partial charge in [0.25, 0.3) is 0 Å². The topological polar surface area (TPSA) is 188 Å². The minimum Gasteiger partial charge on any atom is -0.481 e. The Balaban J connectivity index is 4.84. The van der Waals surface area contributed by atoms with E-state index in [0.29, 0.717) is 0 Å². The van der Waals surface area contributed by atoms with E-state index in [4.69, 9.17) is 15.9 Å². The van der Waals surface area contributed by atoms with Crippen LogP contribution in [0.3, 0.4) is 0 Å². The van der Waals surface area contributed by atoms with E-state index in [0.717, 1.165) is 0 Å². The lowest BCUT2D eigenvalue weighted by Gasteiger charge is -2.23. The van der Waals surface area contributed by atoms with E-state index in [-0.39, 0.29) is 25.2 Å². The van der Waals surface area contributed by atoms with Crippen molar-refractivity contribution in [3.05, 3.63) is 0 Å². The molecule has 7 N–H and O–H groups in total. The lowest BCUT2D eigenvalue weighted by atomic mass is 10.0. The summed E-state index contributed by atoms with van der Waals surface area (Å²) < 4.78 is 0. The molecule has 0 aliphatic rings. The molecule has 0 aliphatic carbocycles. The molecule has 0 aromatic carbocycles. The van der Waals surface area contributed by atoms with Gasteiger partial charge in [-0.15, -0.1) is 0 Å². The first-order valence-corrected chi connectivity index (χ1v) is 8.51. The molecule has 0 fully saturated rings. The Morgan fingerprint density at radius 1 is 0.889 bits per heavy atom. The zero-order valence-corrected chi connectivity index (χ0v) is 15.7. The quantitative estimate of drug-likeness (QED) is 0.231. The van der Waals surface area contributed by atoms with Crippen LogP contribution in [-0.4, -0.2) is 64.5 Å². The molecule has 154 valence electrons. The molecule has 0 aliphatic heterocycles. The third-order valence-electron chi connectivity index (χ3n) is 3.51. The van der Waals surface area contributed by atoms with Crippen molar-refractivity contribution in [1.82, 2.24) is 16.0 Å². The summed E-state index contributed by atoms with van der Waals surface area (Å²) in [6, 6.07) is -3.06. The number of nitrogens with one attached hydrogen (secondary N) is 3. The van der Waals surface area contributed by atoms with Gasteiger partial charge in [0.2, 0.25) is 17.7 Å². The van der Waals surface area contributed by atoms with E-state index in [2.05, 4.69) is 16.0 Å². The number of amides is 3. The van der Waals surface area contributed by atoms with Crippen LogP contribution in [0.15, 0.2) is 0 Å². The number of carboxylic acid groups (broad SMARTS) is 2. The Hall–Kier alpha value is -2.69. The number of aliphatic carboxylic acids is 2. The Kier molecular flexibility index (Phi) is 10.7. The van der Waals surface area contributed by atoms with Gasteiger partial charge in [-0.1, -0.05) is 13.8 Å². The van der Waals surface area contributed by atoms with Gasteiger partial charge < -0.3 is 31.9 Å². The molecule has 11 heteroatoms. The zero-order chi connectivity index (χ0) is 21.1. The maximum absolute atomic E-state index is 12.4. The van der Waals surface area contributed by atoms with E-state index in [1.807, 2.05) is 13.8 Å². The largest absolute Gasteiger partial charge is 0.481 e. The van der Waals surface area contributed by atoms with Crippen LogP contribution in [0.2, 0.25) is 0 Å². The summed E-state index contributed by atoms with van der Waals surface area (Å²) in [6.45, 7) is 4.46. The minimum atomic E-state index is -1.22. The fraction of sp³-hybridized carbons (Fsp3) is 0.688. The van der Waals surface area contributed by atoms with Crippen LogP contribution in [0.25, 0.3) is 0 Å². The Morgan fingerprint density at radius 3 is 1.96 bits per heavy atom. The van der Waals surface area contributed by atoms with E-state index >= 15 is 0 Å². The summed E-state index contributed by atoms with van der Waals surface area (Å²) in [5.74, 6) is -4.25. The second-order valence-electron chi connectivity index (χ2n) is 6.57. The molecule has 3 atom stereocenters. The van der Waals surface area contributed by atoms with E-state index in [1.54, 1.807) is 0 Å². The second-order valence-corrected chi connectivity index (χ2v) is 6.57. The molecular weight excluding hydrogens is 360 g/mol. The molecule has 0 heterocycles. The molecule has 0 bridgehead atoms. The predicted octanol–water partition coefficient (Wildman–Crippen LogP) is -1.59. The smallest absolute Gasteiger partial charge is 0.322 e. The summed E-state index contributed by atoms with van der Waals surface area (Å²) in [6.07, 6.45) is -0.0890. The molecule has 0 saturated carbocycles. The molecule has 0 radical (unpaired) electrons. The molecule has 0 rings (SSSR count). The van der Waals surface area contributed by atoms with Gasteiger partial charge in [0.05, 0.1) is 6.04 Å². The van der Waals surface area contributed by atoms with E-state index in [9.17, 15) is 24.0 Å². The normalized spacial score (nSPS) is 14.0. The Bertz CT molecular complexity index is 565. The highest BCUT2D eigenvalue weighted by Gasteiger charge is 2.27. The molecule has 0 saturated heterocycles. The van der Waals surface area contributed by atoms with E-state index < -0.39 is 54.3 Å². The summed E-state index contributed by atoms with van der Waals surface area (Å²) >= 11 is 0. The van der Waals surface area contributed by atoms with Crippen molar-refractivity contribution < 1.29 is 34.2 Å². The number of carbonyl (C=O) groups excluding carboxylic acids is 3. The third-order valence-corrected chi connectivity index (χ3v) is 3.51.